The van der Waals surface area contributed by atoms with Gasteiger partial charge in [0.15, 0.2) is 5.65 Å². The number of benzene rings is 3. The second-order valence-corrected chi connectivity index (χ2v) is 10.9. The number of nitrogens with one attached hydrogen (secondary N) is 2. The second kappa shape index (κ2) is 11.5. The summed E-state index contributed by atoms with van der Waals surface area (Å²) in [6.45, 7) is 4.16. The third kappa shape index (κ3) is 6.25. The third-order valence-electron chi connectivity index (χ3n) is 5.85. The molecule has 0 spiro atoms. The van der Waals surface area contributed by atoms with E-state index in [-0.39, 0.29) is 17.6 Å². The number of fused-ring (bicyclic) bond motifs is 1. The van der Waals surface area contributed by atoms with Gasteiger partial charge in [-0.25, -0.2) is 15.0 Å². The average molecular weight is 577 g/mol. The molecule has 5 aromatic rings. The Morgan fingerprint density at radius 2 is 1.72 bits per heavy atom. The maximum absolute atomic E-state index is 12.9. The smallest absolute Gasteiger partial charge is 0.255 e. The number of carbonyl (C=O) groups excluding carboxylic acids is 1. The minimum Gasteiger partial charge on any atom is -0.508 e. The molecule has 0 unspecified atom stereocenters. The molecule has 5 rings (SSSR count). The number of halogens is 2. The van der Waals surface area contributed by atoms with E-state index in [0.29, 0.717) is 38.4 Å². The van der Waals surface area contributed by atoms with Crippen LogP contribution in [0.4, 0.5) is 17.2 Å². The van der Waals surface area contributed by atoms with E-state index in [4.69, 9.17) is 23.2 Å². The molecule has 0 aliphatic rings. The van der Waals surface area contributed by atoms with Crippen LogP contribution in [0, 0.1) is 0 Å². The normalized spacial score (nSPS) is 11.1. The zero-order valence-electron chi connectivity index (χ0n) is 20.9. The largest absolute Gasteiger partial charge is 0.508 e. The highest BCUT2D eigenvalue weighted by Crippen LogP contribution is 2.38. The molecule has 0 bridgehead atoms. The van der Waals surface area contributed by atoms with Crippen LogP contribution in [0.5, 0.6) is 5.75 Å². The number of nitrogens with zero attached hydrogens (tertiary/aromatic N) is 3. The van der Waals surface area contributed by atoms with Gasteiger partial charge in [0.1, 0.15) is 17.9 Å². The van der Waals surface area contributed by atoms with Crippen LogP contribution in [-0.4, -0.2) is 26.0 Å². The fourth-order valence-corrected chi connectivity index (χ4v) is 4.96. The second-order valence-electron chi connectivity index (χ2n) is 9.00. The van der Waals surface area contributed by atoms with Gasteiger partial charge in [-0.1, -0.05) is 48.8 Å². The molecule has 0 aliphatic heterocycles. The van der Waals surface area contributed by atoms with Crippen molar-refractivity contribution in [2.75, 3.05) is 10.6 Å². The van der Waals surface area contributed by atoms with Crippen molar-refractivity contribution in [3.8, 4) is 5.75 Å². The fraction of sp³-hybridized carbons (Fsp3) is 0.103. The Bertz CT molecular complexity index is 1680. The van der Waals surface area contributed by atoms with Gasteiger partial charge in [-0.2, -0.15) is 0 Å². The number of phenolic OH excluding ortho intramolecular Hbond substituents is 1. The predicted octanol–water partition coefficient (Wildman–Crippen LogP) is 8.31. The van der Waals surface area contributed by atoms with Crippen molar-refractivity contribution in [1.82, 2.24) is 15.0 Å². The third-order valence-corrected chi connectivity index (χ3v) is 7.67. The zero-order valence-corrected chi connectivity index (χ0v) is 23.3. The molecule has 2 heterocycles. The minimum atomic E-state index is -0.323. The number of rotatable bonds is 7. The van der Waals surface area contributed by atoms with Crippen molar-refractivity contribution in [2.45, 2.75) is 29.6 Å². The summed E-state index contributed by atoms with van der Waals surface area (Å²) in [6.07, 6.45) is 1.48. The first-order valence-electron chi connectivity index (χ1n) is 12.0. The Labute approximate surface area is 239 Å². The lowest BCUT2D eigenvalue weighted by molar-refractivity contribution is 0.102. The standard InChI is InChI=1S/C29H23Cl2N5O2S/c1-16(2)24-11-9-21-27(35-24)32-15-33-28(21)36-25-14-18(34-29(38)17-3-10-22(30)23(31)13-17)4-12-26(25)39-20-7-5-19(37)6-8-20/h3-16,37H,1-2H3,(H,34,38)(H,32,33,35,36). The molecule has 1 amide bonds. The molecule has 3 aromatic carbocycles. The van der Waals surface area contributed by atoms with E-state index >= 15 is 0 Å². The quantitative estimate of drug-likeness (QED) is 0.179. The van der Waals surface area contributed by atoms with Crippen LogP contribution in [-0.2, 0) is 0 Å². The van der Waals surface area contributed by atoms with E-state index in [1.807, 2.05) is 42.5 Å². The summed E-state index contributed by atoms with van der Waals surface area (Å²) in [4.78, 5) is 28.3. The summed E-state index contributed by atoms with van der Waals surface area (Å²) in [6, 6.07) is 21.2. The van der Waals surface area contributed by atoms with Gasteiger partial charge in [0.05, 0.1) is 21.1 Å². The number of hydrogen-bond donors (Lipinski definition) is 3. The molecule has 0 saturated carbocycles. The molecule has 0 fully saturated rings. The lowest BCUT2D eigenvalue weighted by Gasteiger charge is -2.15. The first-order valence-corrected chi connectivity index (χ1v) is 13.6. The highest BCUT2D eigenvalue weighted by molar-refractivity contribution is 7.99. The highest BCUT2D eigenvalue weighted by Gasteiger charge is 2.14. The molecule has 0 radical (unpaired) electrons. The van der Waals surface area contributed by atoms with Crippen molar-refractivity contribution in [1.29, 1.82) is 0 Å². The van der Waals surface area contributed by atoms with Crippen LogP contribution in [0.25, 0.3) is 11.0 Å². The van der Waals surface area contributed by atoms with Gasteiger partial charge in [0, 0.05) is 26.7 Å². The van der Waals surface area contributed by atoms with Crippen molar-refractivity contribution in [3.63, 3.8) is 0 Å². The Morgan fingerprint density at radius 1 is 0.923 bits per heavy atom. The van der Waals surface area contributed by atoms with Crippen molar-refractivity contribution in [2.24, 2.45) is 0 Å². The number of aromatic nitrogens is 3. The van der Waals surface area contributed by atoms with Crippen LogP contribution in [0.2, 0.25) is 10.0 Å². The van der Waals surface area contributed by atoms with Gasteiger partial charge in [-0.15, -0.1) is 0 Å². The lowest BCUT2D eigenvalue weighted by Crippen LogP contribution is -2.12. The number of hydrogen-bond acceptors (Lipinski definition) is 7. The molecule has 7 nitrogen and oxygen atoms in total. The molecular formula is C29H23Cl2N5O2S. The molecule has 3 N–H and O–H groups in total. The SMILES string of the molecule is CC(C)c1ccc2c(Nc3cc(NC(=O)c4ccc(Cl)c(Cl)c4)ccc3Sc3ccc(O)cc3)ncnc2n1. The Kier molecular flexibility index (Phi) is 7.88. The molecule has 10 heteroatoms. The topological polar surface area (TPSA) is 100 Å². The van der Waals surface area contributed by atoms with E-state index in [2.05, 4.69) is 39.4 Å². The first-order chi connectivity index (χ1) is 18.8. The Hall–Kier alpha value is -3.85. The number of carbonyl (C=O) groups is 1. The lowest BCUT2D eigenvalue weighted by atomic mass is 10.1. The molecule has 196 valence electrons. The number of pyridine rings is 1. The zero-order chi connectivity index (χ0) is 27.5. The summed E-state index contributed by atoms with van der Waals surface area (Å²) in [5.74, 6) is 0.725. The van der Waals surface area contributed by atoms with E-state index in [9.17, 15) is 9.90 Å². The van der Waals surface area contributed by atoms with Crippen LogP contribution >= 0.6 is 35.0 Å². The van der Waals surface area contributed by atoms with Crippen molar-refractivity contribution in [3.05, 3.63) is 100 Å². The van der Waals surface area contributed by atoms with Crippen molar-refractivity contribution >= 4 is 69.1 Å². The molecule has 0 atom stereocenters. The fourth-order valence-electron chi connectivity index (χ4n) is 3.78. The molecule has 2 aromatic heterocycles. The van der Waals surface area contributed by atoms with Crippen LogP contribution < -0.4 is 10.6 Å². The maximum atomic E-state index is 12.9. The summed E-state index contributed by atoms with van der Waals surface area (Å²) >= 11 is 13.6. The summed E-state index contributed by atoms with van der Waals surface area (Å²) in [7, 11) is 0. The van der Waals surface area contributed by atoms with Crippen LogP contribution in [0.15, 0.2) is 88.9 Å². The van der Waals surface area contributed by atoms with Gasteiger partial charge < -0.3 is 15.7 Å². The van der Waals surface area contributed by atoms with Gasteiger partial charge in [0.2, 0.25) is 0 Å². The maximum Gasteiger partial charge on any atom is 0.255 e. The molecule has 0 saturated heterocycles. The van der Waals surface area contributed by atoms with Crippen molar-refractivity contribution < 1.29 is 9.90 Å². The summed E-state index contributed by atoms with van der Waals surface area (Å²) in [5, 5.41) is 17.5. The average Bonchev–Trinajstić information content (AvgIpc) is 2.92. The Balaban J connectivity index is 1.50. The predicted molar refractivity (Wildman–Crippen MR) is 158 cm³/mol. The van der Waals surface area contributed by atoms with Gasteiger partial charge >= 0.3 is 0 Å². The number of phenols is 1. The van der Waals surface area contributed by atoms with Gasteiger partial charge in [0.25, 0.3) is 5.91 Å². The summed E-state index contributed by atoms with van der Waals surface area (Å²) < 4.78 is 0. The van der Waals surface area contributed by atoms with Gasteiger partial charge in [-0.3, -0.25) is 4.79 Å². The number of amides is 1. The molecule has 0 aliphatic carbocycles. The van der Waals surface area contributed by atoms with E-state index in [1.165, 1.54) is 24.2 Å². The van der Waals surface area contributed by atoms with Crippen LogP contribution in [0.3, 0.4) is 0 Å². The molecule has 39 heavy (non-hydrogen) atoms. The first kappa shape index (κ1) is 26.7. The van der Waals surface area contributed by atoms with E-state index < -0.39 is 0 Å². The molecular weight excluding hydrogens is 553 g/mol. The highest BCUT2D eigenvalue weighted by atomic mass is 35.5. The number of aromatic hydroxyl groups is 1. The van der Waals surface area contributed by atoms with Gasteiger partial charge in [-0.05, 0) is 78.7 Å². The minimum absolute atomic E-state index is 0.193. The van der Waals surface area contributed by atoms with Crippen LogP contribution in [0.1, 0.15) is 35.8 Å². The summed E-state index contributed by atoms with van der Waals surface area (Å²) in [5.41, 5.74) is 3.21. The van der Waals surface area contributed by atoms with E-state index in [0.717, 1.165) is 20.9 Å². The number of anilines is 3. The monoisotopic (exact) mass is 575 g/mol. The Morgan fingerprint density at radius 3 is 2.46 bits per heavy atom. The van der Waals surface area contributed by atoms with E-state index in [1.54, 1.807) is 24.3 Å².